The minimum absolute atomic E-state index is 0.0417. The zero-order valence-electron chi connectivity index (χ0n) is 15.1. The van der Waals surface area contributed by atoms with Crippen LogP contribution in [0.25, 0.3) is 0 Å². The van der Waals surface area contributed by atoms with Crippen LogP contribution in [-0.4, -0.2) is 28.1 Å². The SMILES string of the molecule is Cc1ccc(C)c(OC(CCCC(=O)O)CC(=O)c2ccc(O)cc2)c1. The number of Topliss-reactive ketones (excluding diaryl/α,β-unsaturated/α-hetero) is 1. The van der Waals surface area contributed by atoms with Gasteiger partial charge in [-0.3, -0.25) is 9.59 Å². The number of carbonyl (C=O) groups excluding carboxylic acids is 1. The second-order valence-corrected chi connectivity index (χ2v) is 6.47. The number of rotatable bonds is 9. The predicted octanol–water partition coefficient (Wildman–Crippen LogP) is 4.28. The van der Waals surface area contributed by atoms with Gasteiger partial charge in [-0.15, -0.1) is 0 Å². The van der Waals surface area contributed by atoms with Crippen LogP contribution in [0.5, 0.6) is 11.5 Å². The van der Waals surface area contributed by atoms with Crippen LogP contribution in [0.15, 0.2) is 42.5 Å². The highest BCUT2D eigenvalue weighted by Gasteiger charge is 2.18. The predicted molar refractivity (Wildman–Crippen MR) is 98.9 cm³/mol. The van der Waals surface area contributed by atoms with Crippen molar-refractivity contribution in [3.05, 3.63) is 59.2 Å². The number of aliphatic carboxylic acids is 1. The number of benzene rings is 2. The van der Waals surface area contributed by atoms with Gasteiger partial charge in [0.2, 0.25) is 0 Å². The van der Waals surface area contributed by atoms with Crippen LogP contribution in [0.2, 0.25) is 0 Å². The van der Waals surface area contributed by atoms with Crippen LogP contribution in [-0.2, 0) is 4.79 Å². The third-order valence-electron chi connectivity index (χ3n) is 4.16. The van der Waals surface area contributed by atoms with Crippen LogP contribution >= 0.6 is 0 Å². The first-order chi connectivity index (χ1) is 12.3. The molecular weight excluding hydrogens is 332 g/mol. The lowest BCUT2D eigenvalue weighted by atomic mass is 10.0. The molecule has 2 N–H and O–H groups in total. The van der Waals surface area contributed by atoms with Crippen LogP contribution in [0.1, 0.15) is 47.2 Å². The molecule has 0 saturated carbocycles. The zero-order chi connectivity index (χ0) is 19.1. The molecule has 26 heavy (non-hydrogen) atoms. The molecule has 0 aliphatic carbocycles. The van der Waals surface area contributed by atoms with Crippen molar-refractivity contribution in [2.45, 2.75) is 45.6 Å². The van der Waals surface area contributed by atoms with E-state index in [9.17, 15) is 14.7 Å². The van der Waals surface area contributed by atoms with Crippen molar-refractivity contribution >= 4 is 11.8 Å². The Morgan fingerprint density at radius 3 is 2.42 bits per heavy atom. The molecule has 0 aliphatic heterocycles. The maximum atomic E-state index is 12.5. The summed E-state index contributed by atoms with van der Waals surface area (Å²) in [6, 6.07) is 12.0. The molecule has 0 spiro atoms. The average molecular weight is 356 g/mol. The molecule has 0 aromatic heterocycles. The molecule has 2 rings (SSSR count). The number of carboxylic acid groups (broad SMARTS) is 1. The molecule has 5 heteroatoms. The standard InChI is InChI=1S/C21H24O5/c1-14-6-7-15(2)20(12-14)26-18(4-3-5-21(24)25)13-19(23)16-8-10-17(22)11-9-16/h6-12,18,22H,3-5,13H2,1-2H3,(H,24,25). The van der Waals surface area contributed by atoms with E-state index in [-0.39, 0.29) is 24.4 Å². The minimum Gasteiger partial charge on any atom is -0.508 e. The quantitative estimate of drug-likeness (QED) is 0.655. The molecule has 0 heterocycles. The first kappa shape index (κ1) is 19.5. The largest absolute Gasteiger partial charge is 0.508 e. The van der Waals surface area contributed by atoms with E-state index in [0.717, 1.165) is 11.1 Å². The molecule has 1 unspecified atom stereocenters. The Hall–Kier alpha value is -2.82. The first-order valence-electron chi connectivity index (χ1n) is 8.63. The van der Waals surface area contributed by atoms with E-state index in [4.69, 9.17) is 9.84 Å². The van der Waals surface area contributed by atoms with Crippen molar-refractivity contribution in [2.75, 3.05) is 0 Å². The zero-order valence-corrected chi connectivity index (χ0v) is 15.1. The van der Waals surface area contributed by atoms with Gasteiger partial charge in [0.1, 0.15) is 17.6 Å². The molecule has 138 valence electrons. The molecule has 5 nitrogen and oxygen atoms in total. The number of hydrogen-bond donors (Lipinski definition) is 2. The van der Waals surface area contributed by atoms with Gasteiger partial charge in [-0.1, -0.05) is 12.1 Å². The Kier molecular flexibility index (Phi) is 6.78. The Bertz CT molecular complexity index is 764. The number of phenols is 1. The maximum Gasteiger partial charge on any atom is 0.303 e. The fraction of sp³-hybridized carbons (Fsp3) is 0.333. The summed E-state index contributed by atoms with van der Waals surface area (Å²) in [5.74, 6) is -0.147. The number of phenolic OH excluding ortho intramolecular Hbond substituents is 1. The van der Waals surface area contributed by atoms with Crippen molar-refractivity contribution in [3.8, 4) is 11.5 Å². The Morgan fingerprint density at radius 1 is 1.08 bits per heavy atom. The number of hydrogen-bond acceptors (Lipinski definition) is 4. The van der Waals surface area contributed by atoms with Crippen LogP contribution in [0.3, 0.4) is 0 Å². The van der Waals surface area contributed by atoms with E-state index in [0.29, 0.717) is 24.2 Å². The summed E-state index contributed by atoms with van der Waals surface area (Å²) in [7, 11) is 0. The van der Waals surface area contributed by atoms with E-state index in [2.05, 4.69) is 0 Å². The van der Waals surface area contributed by atoms with Crippen molar-refractivity contribution in [1.29, 1.82) is 0 Å². The van der Waals surface area contributed by atoms with Gasteiger partial charge >= 0.3 is 5.97 Å². The summed E-state index contributed by atoms with van der Waals surface area (Å²) in [6.45, 7) is 3.90. The van der Waals surface area contributed by atoms with Crippen molar-refractivity contribution in [3.63, 3.8) is 0 Å². The topological polar surface area (TPSA) is 83.8 Å². The monoisotopic (exact) mass is 356 g/mol. The minimum atomic E-state index is -0.861. The number of carbonyl (C=O) groups is 2. The number of ketones is 1. The lowest BCUT2D eigenvalue weighted by molar-refractivity contribution is -0.137. The molecule has 2 aromatic rings. The van der Waals surface area contributed by atoms with Crippen molar-refractivity contribution in [2.24, 2.45) is 0 Å². The fourth-order valence-corrected chi connectivity index (χ4v) is 2.67. The highest BCUT2D eigenvalue weighted by molar-refractivity contribution is 5.96. The lowest BCUT2D eigenvalue weighted by Gasteiger charge is -2.20. The summed E-state index contributed by atoms with van der Waals surface area (Å²) >= 11 is 0. The van der Waals surface area contributed by atoms with E-state index >= 15 is 0 Å². The Labute approximate surface area is 153 Å². The third-order valence-corrected chi connectivity index (χ3v) is 4.16. The molecule has 0 radical (unpaired) electrons. The lowest BCUT2D eigenvalue weighted by Crippen LogP contribution is -2.22. The normalized spacial score (nSPS) is 11.8. The van der Waals surface area contributed by atoms with Crippen molar-refractivity contribution in [1.82, 2.24) is 0 Å². The van der Waals surface area contributed by atoms with Crippen molar-refractivity contribution < 1.29 is 24.5 Å². The van der Waals surface area contributed by atoms with Gasteiger partial charge in [0.05, 0.1) is 0 Å². The molecule has 2 aromatic carbocycles. The molecule has 0 bridgehead atoms. The van der Waals surface area contributed by atoms with Gasteiger partial charge in [-0.2, -0.15) is 0 Å². The average Bonchev–Trinajstić information content (AvgIpc) is 2.58. The highest BCUT2D eigenvalue weighted by Crippen LogP contribution is 2.24. The number of aromatic hydroxyl groups is 1. The Balaban J connectivity index is 2.11. The molecule has 0 saturated heterocycles. The summed E-state index contributed by atoms with van der Waals surface area (Å²) in [5, 5.41) is 18.2. The highest BCUT2D eigenvalue weighted by atomic mass is 16.5. The summed E-state index contributed by atoms with van der Waals surface area (Å²) < 4.78 is 6.06. The van der Waals surface area contributed by atoms with Gasteiger partial charge in [0.15, 0.2) is 5.78 Å². The smallest absolute Gasteiger partial charge is 0.303 e. The number of ether oxygens (including phenoxy) is 1. The fourth-order valence-electron chi connectivity index (χ4n) is 2.67. The maximum absolute atomic E-state index is 12.5. The van der Waals surface area contributed by atoms with Gasteiger partial charge in [0, 0.05) is 18.4 Å². The van der Waals surface area contributed by atoms with Gasteiger partial charge in [-0.25, -0.2) is 0 Å². The number of carboxylic acids is 1. The van der Waals surface area contributed by atoms with E-state index in [1.807, 2.05) is 32.0 Å². The van der Waals surface area contributed by atoms with Crippen LogP contribution in [0.4, 0.5) is 0 Å². The van der Waals surface area contributed by atoms with E-state index in [1.165, 1.54) is 12.1 Å². The number of aryl methyl sites for hydroxylation is 2. The second-order valence-electron chi connectivity index (χ2n) is 6.47. The van der Waals surface area contributed by atoms with Crippen LogP contribution in [0, 0.1) is 13.8 Å². The van der Waals surface area contributed by atoms with Gasteiger partial charge in [0.25, 0.3) is 0 Å². The molecule has 0 fully saturated rings. The van der Waals surface area contributed by atoms with Gasteiger partial charge in [-0.05, 0) is 68.1 Å². The first-order valence-corrected chi connectivity index (χ1v) is 8.63. The van der Waals surface area contributed by atoms with E-state index in [1.54, 1.807) is 12.1 Å². The Morgan fingerprint density at radius 2 is 1.77 bits per heavy atom. The summed E-state index contributed by atoms with van der Waals surface area (Å²) in [5.41, 5.74) is 2.52. The van der Waals surface area contributed by atoms with E-state index < -0.39 is 12.1 Å². The molecular formula is C21H24O5. The summed E-state index contributed by atoms with van der Waals surface area (Å²) in [6.07, 6.45) is 0.700. The molecule has 1 atom stereocenters. The van der Waals surface area contributed by atoms with Crippen LogP contribution < -0.4 is 4.74 Å². The molecule has 0 aliphatic rings. The third kappa shape index (κ3) is 5.92. The van der Waals surface area contributed by atoms with Gasteiger partial charge < -0.3 is 14.9 Å². The second kappa shape index (κ2) is 9.04. The molecule has 0 amide bonds. The summed E-state index contributed by atoms with van der Waals surface area (Å²) in [4.78, 5) is 23.3.